The molecule has 0 radical (unpaired) electrons. The lowest BCUT2D eigenvalue weighted by molar-refractivity contribution is 0.120. The number of para-hydroxylation sites is 1. The molecule has 12 heteroatoms. The molecule has 0 aliphatic carbocycles. The van der Waals surface area contributed by atoms with Crippen LogP contribution in [0, 0.1) is 11.8 Å². The number of nitrogens with two attached hydrogens (primary N) is 1. The predicted octanol–water partition coefficient (Wildman–Crippen LogP) is 3.36. The van der Waals surface area contributed by atoms with Crippen LogP contribution < -0.4 is 16.6 Å². The largest absolute Gasteiger partial charge is 0.382 e. The molecule has 0 fully saturated rings. The molecule has 2 aromatic carbocycles. The molecule has 42 heavy (non-hydrogen) atoms. The molecule has 0 bridgehead atoms. The summed E-state index contributed by atoms with van der Waals surface area (Å²) in [7, 11) is 1.82. The Morgan fingerprint density at radius 3 is 2.60 bits per heavy atom. The Hall–Kier alpha value is -5.22. The quantitative estimate of drug-likeness (QED) is 0.201. The second-order valence-electron chi connectivity index (χ2n) is 9.49. The van der Waals surface area contributed by atoms with Crippen LogP contribution in [0.2, 0.25) is 0 Å². The van der Waals surface area contributed by atoms with Gasteiger partial charge >= 0.3 is 0 Å². The van der Waals surface area contributed by atoms with Gasteiger partial charge in [-0.1, -0.05) is 36.1 Å². The molecular formula is C30H25N9O2S. The Labute approximate surface area is 244 Å². The van der Waals surface area contributed by atoms with Gasteiger partial charge in [-0.2, -0.15) is 5.10 Å². The summed E-state index contributed by atoms with van der Waals surface area (Å²) < 4.78 is 3.20. The smallest absolute Gasteiger partial charge is 0.267 e. The first-order valence-corrected chi connectivity index (χ1v) is 13.9. The number of hydrogen-bond acceptors (Lipinski definition) is 10. The first-order chi connectivity index (χ1) is 20.4. The summed E-state index contributed by atoms with van der Waals surface area (Å²) in [6, 6.07) is 14.0. The number of hydrogen-bond donors (Lipinski definition) is 3. The summed E-state index contributed by atoms with van der Waals surface area (Å²) in [6.07, 6.45) is 3.68. The Morgan fingerprint density at radius 2 is 1.86 bits per heavy atom. The molecule has 4 aromatic heterocycles. The number of thiazole rings is 1. The lowest BCUT2D eigenvalue weighted by Gasteiger charge is -2.23. The lowest BCUT2D eigenvalue weighted by atomic mass is 10.1. The number of aryl methyl sites for hydroxylation is 1. The second-order valence-corrected chi connectivity index (χ2v) is 10.2. The molecule has 4 N–H and O–H groups in total. The maximum absolute atomic E-state index is 14.2. The zero-order chi connectivity index (χ0) is 29.2. The van der Waals surface area contributed by atoms with Crippen LogP contribution in [-0.2, 0) is 7.05 Å². The molecule has 208 valence electrons. The molecule has 6 aromatic rings. The number of nitrogens with one attached hydrogen (secondary N) is 1. The highest BCUT2D eigenvalue weighted by molar-refractivity contribution is 7.07. The molecule has 0 amide bonds. The fourth-order valence-electron chi connectivity index (χ4n) is 4.56. The maximum atomic E-state index is 14.2. The van der Waals surface area contributed by atoms with E-state index in [4.69, 9.17) is 10.7 Å². The van der Waals surface area contributed by atoms with Crippen molar-refractivity contribution in [2.45, 2.75) is 19.2 Å². The van der Waals surface area contributed by atoms with E-state index >= 15 is 0 Å². The monoisotopic (exact) mass is 575 g/mol. The molecule has 2 atom stereocenters. The number of anilines is 1. The molecule has 0 saturated carbocycles. The van der Waals surface area contributed by atoms with Crippen molar-refractivity contribution in [3.63, 3.8) is 0 Å². The van der Waals surface area contributed by atoms with Gasteiger partial charge in [0.05, 0.1) is 46.1 Å². The van der Waals surface area contributed by atoms with Crippen LogP contribution in [0.1, 0.15) is 41.8 Å². The molecule has 0 saturated heterocycles. The topological polar surface area (TPSA) is 150 Å². The minimum atomic E-state index is -1.31. The summed E-state index contributed by atoms with van der Waals surface area (Å²) in [4.78, 5) is 32.0. The fraction of sp³-hybridized carbons (Fsp3) is 0.133. The van der Waals surface area contributed by atoms with Crippen molar-refractivity contribution in [1.29, 1.82) is 0 Å². The Balaban J connectivity index is 1.43. The Morgan fingerprint density at radius 1 is 1.02 bits per heavy atom. The third kappa shape index (κ3) is 5.27. The van der Waals surface area contributed by atoms with E-state index in [1.54, 1.807) is 41.6 Å². The van der Waals surface area contributed by atoms with Gasteiger partial charge in [-0.05, 0) is 31.2 Å². The van der Waals surface area contributed by atoms with Gasteiger partial charge in [0.1, 0.15) is 28.7 Å². The van der Waals surface area contributed by atoms with E-state index in [-0.39, 0.29) is 17.1 Å². The molecule has 2 unspecified atom stereocenters. The zero-order valence-corrected chi connectivity index (χ0v) is 23.4. The van der Waals surface area contributed by atoms with E-state index in [0.717, 1.165) is 5.56 Å². The van der Waals surface area contributed by atoms with Crippen LogP contribution in [-0.4, -0.2) is 39.4 Å². The summed E-state index contributed by atoms with van der Waals surface area (Å²) in [6.45, 7) is 1.80. The zero-order valence-electron chi connectivity index (χ0n) is 22.6. The number of nitrogens with zero attached hydrogens (tertiary/aromatic N) is 7. The minimum absolute atomic E-state index is 0.0740. The fourth-order valence-corrected chi connectivity index (χ4v) is 5.11. The number of aliphatic hydroxyl groups excluding tert-OH is 1. The van der Waals surface area contributed by atoms with Crippen molar-refractivity contribution in [2.24, 2.45) is 7.05 Å². The van der Waals surface area contributed by atoms with Crippen LogP contribution in [0.25, 0.3) is 28.0 Å². The third-order valence-corrected chi connectivity index (χ3v) is 7.15. The predicted molar refractivity (Wildman–Crippen MR) is 161 cm³/mol. The van der Waals surface area contributed by atoms with Gasteiger partial charge in [0.25, 0.3) is 5.56 Å². The van der Waals surface area contributed by atoms with Crippen LogP contribution in [0.4, 0.5) is 5.82 Å². The van der Waals surface area contributed by atoms with Crippen LogP contribution in [0.15, 0.2) is 82.8 Å². The van der Waals surface area contributed by atoms with Gasteiger partial charge in [0, 0.05) is 24.2 Å². The number of nitrogen functional groups attached to an aromatic ring is 1. The van der Waals surface area contributed by atoms with E-state index in [9.17, 15) is 9.90 Å². The van der Waals surface area contributed by atoms with E-state index in [0.29, 0.717) is 39.4 Å². The molecule has 0 spiro atoms. The van der Waals surface area contributed by atoms with E-state index in [1.165, 1.54) is 22.1 Å². The van der Waals surface area contributed by atoms with Gasteiger partial charge in [-0.25, -0.2) is 19.9 Å². The molecular weight excluding hydrogens is 550 g/mol. The number of benzene rings is 2. The van der Waals surface area contributed by atoms with Crippen LogP contribution >= 0.6 is 11.3 Å². The average Bonchev–Trinajstić information content (AvgIpc) is 3.68. The standard InChI is InChI=1S/C30H25N9O2S/c1-18(35-29(40)26-27(31)32-14-23(36-26)24-16-42-17-33-24)28-37-22-10-6-7-20(12-11-19-13-34-38(2)15-19)25(22)30(41)39(28)21-8-4-3-5-9-21/h3-10,13-18,29,35,40H,1-2H3,(H2,31,32). The van der Waals surface area contributed by atoms with Gasteiger partial charge < -0.3 is 10.8 Å². The average molecular weight is 576 g/mol. The first kappa shape index (κ1) is 27.0. The lowest BCUT2D eigenvalue weighted by Crippen LogP contribution is -2.33. The molecule has 6 rings (SSSR count). The van der Waals surface area contributed by atoms with Crippen molar-refractivity contribution in [3.8, 4) is 28.9 Å². The molecule has 11 nitrogen and oxygen atoms in total. The maximum Gasteiger partial charge on any atom is 0.267 e. The first-order valence-electron chi connectivity index (χ1n) is 13.0. The Bertz CT molecular complexity index is 2010. The number of aliphatic hydroxyl groups is 1. The van der Waals surface area contributed by atoms with Crippen LogP contribution in [0.5, 0.6) is 0 Å². The van der Waals surface area contributed by atoms with Crippen LogP contribution in [0.3, 0.4) is 0 Å². The van der Waals surface area contributed by atoms with Gasteiger partial charge in [-0.15, -0.1) is 11.3 Å². The summed E-state index contributed by atoms with van der Waals surface area (Å²) in [5, 5.41) is 20.6. The molecule has 0 aliphatic rings. The summed E-state index contributed by atoms with van der Waals surface area (Å²) in [5.41, 5.74) is 11.1. The van der Waals surface area contributed by atoms with Crippen molar-refractivity contribution in [2.75, 3.05) is 5.73 Å². The number of aromatic nitrogens is 7. The van der Waals surface area contributed by atoms with Crippen molar-refractivity contribution in [1.82, 2.24) is 39.6 Å². The van der Waals surface area contributed by atoms with Crippen molar-refractivity contribution >= 4 is 28.1 Å². The summed E-state index contributed by atoms with van der Waals surface area (Å²) in [5.74, 6) is 6.66. The normalized spacial score (nSPS) is 12.5. The van der Waals surface area contributed by atoms with Crippen molar-refractivity contribution in [3.05, 3.63) is 111 Å². The van der Waals surface area contributed by atoms with E-state index in [1.807, 2.05) is 48.8 Å². The van der Waals surface area contributed by atoms with Gasteiger partial charge in [0.2, 0.25) is 0 Å². The molecule has 4 heterocycles. The van der Waals surface area contributed by atoms with Gasteiger partial charge in [-0.3, -0.25) is 19.4 Å². The highest BCUT2D eigenvalue weighted by atomic mass is 32.1. The highest BCUT2D eigenvalue weighted by Crippen LogP contribution is 2.25. The molecule has 0 aliphatic heterocycles. The third-order valence-electron chi connectivity index (χ3n) is 6.56. The van der Waals surface area contributed by atoms with Crippen molar-refractivity contribution < 1.29 is 5.11 Å². The van der Waals surface area contributed by atoms with E-state index in [2.05, 4.69) is 37.2 Å². The Kier molecular flexibility index (Phi) is 7.28. The van der Waals surface area contributed by atoms with Gasteiger partial charge in [0.15, 0.2) is 6.23 Å². The number of fused-ring (bicyclic) bond motifs is 1. The van der Waals surface area contributed by atoms with E-state index < -0.39 is 12.3 Å². The SMILES string of the molecule is CC(NC(O)c1nc(-c2cscn2)cnc1N)c1nc2cccc(C#Cc3cnn(C)c3)c2c(=O)n1-c1ccccc1. The second kappa shape index (κ2) is 11.3. The minimum Gasteiger partial charge on any atom is -0.382 e. The highest BCUT2D eigenvalue weighted by Gasteiger charge is 2.24. The number of rotatable bonds is 6. The summed E-state index contributed by atoms with van der Waals surface area (Å²) >= 11 is 1.43.